The summed E-state index contributed by atoms with van der Waals surface area (Å²) in [4.78, 5) is 20.2. The highest BCUT2D eigenvalue weighted by Crippen LogP contribution is 2.25. The van der Waals surface area contributed by atoms with E-state index in [1.54, 1.807) is 35.2 Å². The largest absolute Gasteiger partial charge is 0.396 e. The van der Waals surface area contributed by atoms with Crippen LogP contribution < -0.4 is 5.73 Å². The fourth-order valence-corrected chi connectivity index (χ4v) is 3.93. The summed E-state index contributed by atoms with van der Waals surface area (Å²) in [5.74, 6) is 0.575. The van der Waals surface area contributed by atoms with Gasteiger partial charge in [-0.05, 0) is 30.4 Å². The van der Waals surface area contributed by atoms with Gasteiger partial charge in [-0.15, -0.1) is 16.4 Å². The minimum Gasteiger partial charge on any atom is -0.396 e. The molecule has 1 amide bonds. The van der Waals surface area contributed by atoms with E-state index in [2.05, 4.69) is 10.1 Å². The van der Waals surface area contributed by atoms with Crippen molar-refractivity contribution in [1.82, 2.24) is 19.5 Å². The Labute approximate surface area is 149 Å². The van der Waals surface area contributed by atoms with E-state index in [0.717, 1.165) is 24.3 Å². The topological polar surface area (TPSA) is 85.8 Å². The lowest BCUT2D eigenvalue weighted by atomic mass is 10.2. The number of ether oxygens (including phenoxy) is 1. The van der Waals surface area contributed by atoms with Gasteiger partial charge in [-0.3, -0.25) is 4.79 Å². The first-order valence-corrected chi connectivity index (χ1v) is 9.05. The minimum absolute atomic E-state index is 0.0404. The standard InChI is InChI=1S/C17H19N5O2S/c1-24-10-12-4-2-6-21(12)17(23)11-8-13(18)16-19-15(20-22(16)9-11)14-5-3-7-25-14/h3,5,7-9,12H,2,4,6,10,18H2,1H3. The summed E-state index contributed by atoms with van der Waals surface area (Å²) in [6.45, 7) is 1.29. The number of amides is 1. The number of nitrogen functional groups attached to an aromatic ring is 1. The lowest BCUT2D eigenvalue weighted by molar-refractivity contribution is 0.0630. The Balaban J connectivity index is 1.69. The van der Waals surface area contributed by atoms with Gasteiger partial charge in [0.2, 0.25) is 0 Å². The number of anilines is 1. The molecule has 1 unspecified atom stereocenters. The summed E-state index contributed by atoms with van der Waals surface area (Å²) >= 11 is 1.57. The number of hydrogen-bond acceptors (Lipinski definition) is 6. The molecule has 0 aromatic carbocycles. The average molecular weight is 357 g/mol. The fraction of sp³-hybridized carbons (Fsp3) is 0.353. The van der Waals surface area contributed by atoms with E-state index in [1.807, 2.05) is 22.4 Å². The van der Waals surface area contributed by atoms with Crippen molar-refractivity contribution in [3.8, 4) is 10.7 Å². The molecule has 3 aromatic heterocycles. The number of fused-ring (bicyclic) bond motifs is 1. The van der Waals surface area contributed by atoms with Gasteiger partial charge < -0.3 is 15.4 Å². The van der Waals surface area contributed by atoms with Crippen molar-refractivity contribution in [2.24, 2.45) is 0 Å². The van der Waals surface area contributed by atoms with Crippen LogP contribution in [0.3, 0.4) is 0 Å². The maximum absolute atomic E-state index is 12.9. The first kappa shape index (κ1) is 16.0. The number of methoxy groups -OCH3 is 1. The van der Waals surface area contributed by atoms with Crippen LogP contribution in [0, 0.1) is 0 Å². The molecule has 1 aliphatic heterocycles. The zero-order valence-electron chi connectivity index (χ0n) is 13.9. The van der Waals surface area contributed by atoms with Gasteiger partial charge in [-0.1, -0.05) is 6.07 Å². The monoisotopic (exact) mass is 357 g/mol. The minimum atomic E-state index is -0.0404. The van der Waals surface area contributed by atoms with Crippen LogP contribution in [0.5, 0.6) is 0 Å². The molecule has 2 N–H and O–H groups in total. The van der Waals surface area contributed by atoms with Crippen molar-refractivity contribution < 1.29 is 9.53 Å². The van der Waals surface area contributed by atoms with Gasteiger partial charge in [0.1, 0.15) is 0 Å². The number of carbonyl (C=O) groups is 1. The summed E-state index contributed by atoms with van der Waals surface area (Å²) in [5, 5.41) is 6.46. The van der Waals surface area contributed by atoms with Crippen molar-refractivity contribution in [1.29, 1.82) is 0 Å². The lowest BCUT2D eigenvalue weighted by Gasteiger charge is -2.24. The third-order valence-electron chi connectivity index (χ3n) is 4.45. The predicted molar refractivity (Wildman–Crippen MR) is 96.6 cm³/mol. The van der Waals surface area contributed by atoms with Crippen LogP contribution in [0.15, 0.2) is 29.8 Å². The van der Waals surface area contributed by atoms with Crippen LogP contribution in [-0.2, 0) is 4.74 Å². The predicted octanol–water partition coefficient (Wildman–Crippen LogP) is 2.29. The number of likely N-dealkylation sites (tertiary alicyclic amines) is 1. The third-order valence-corrected chi connectivity index (χ3v) is 5.31. The fourth-order valence-electron chi connectivity index (χ4n) is 3.27. The Kier molecular flexibility index (Phi) is 4.14. The Morgan fingerprint density at radius 2 is 2.40 bits per heavy atom. The highest BCUT2D eigenvalue weighted by atomic mass is 32.1. The number of aromatic nitrogens is 3. The van der Waals surface area contributed by atoms with E-state index >= 15 is 0 Å². The molecular formula is C17H19N5O2S. The molecule has 1 saturated heterocycles. The van der Waals surface area contributed by atoms with Crippen molar-refractivity contribution >= 4 is 28.6 Å². The molecule has 0 aliphatic carbocycles. The van der Waals surface area contributed by atoms with Gasteiger partial charge in [-0.25, -0.2) is 9.50 Å². The second kappa shape index (κ2) is 6.45. The molecule has 25 heavy (non-hydrogen) atoms. The molecule has 0 bridgehead atoms. The summed E-state index contributed by atoms with van der Waals surface area (Å²) in [7, 11) is 1.66. The summed E-state index contributed by atoms with van der Waals surface area (Å²) in [6.07, 6.45) is 3.66. The van der Waals surface area contributed by atoms with E-state index in [9.17, 15) is 4.79 Å². The molecule has 1 atom stereocenters. The smallest absolute Gasteiger partial charge is 0.255 e. The summed E-state index contributed by atoms with van der Waals surface area (Å²) in [6, 6.07) is 5.72. The molecule has 4 rings (SSSR count). The maximum atomic E-state index is 12.9. The number of thiophene rings is 1. The van der Waals surface area contributed by atoms with Crippen LogP contribution in [0.2, 0.25) is 0 Å². The number of nitrogens with zero attached hydrogens (tertiary/aromatic N) is 4. The van der Waals surface area contributed by atoms with Gasteiger partial charge in [0.25, 0.3) is 5.91 Å². The molecule has 8 heteroatoms. The Hall–Kier alpha value is -2.45. The zero-order chi connectivity index (χ0) is 17.4. The van der Waals surface area contributed by atoms with Crippen molar-refractivity contribution in [2.75, 3.05) is 26.0 Å². The molecule has 0 saturated carbocycles. The number of pyridine rings is 1. The molecule has 4 heterocycles. The second-order valence-electron chi connectivity index (χ2n) is 6.11. The van der Waals surface area contributed by atoms with Gasteiger partial charge in [0.05, 0.1) is 28.8 Å². The summed E-state index contributed by atoms with van der Waals surface area (Å²) < 4.78 is 6.83. The first-order valence-electron chi connectivity index (χ1n) is 8.17. The summed E-state index contributed by atoms with van der Waals surface area (Å²) in [5.41, 5.74) is 7.67. The Morgan fingerprint density at radius 1 is 1.52 bits per heavy atom. The molecular weight excluding hydrogens is 338 g/mol. The van der Waals surface area contributed by atoms with Crippen LogP contribution in [0.4, 0.5) is 5.69 Å². The third kappa shape index (κ3) is 2.87. The van der Waals surface area contributed by atoms with E-state index in [-0.39, 0.29) is 11.9 Å². The molecule has 7 nitrogen and oxygen atoms in total. The lowest BCUT2D eigenvalue weighted by Crippen LogP contribution is -2.38. The van der Waals surface area contributed by atoms with Crippen LogP contribution in [0.1, 0.15) is 23.2 Å². The molecule has 1 fully saturated rings. The molecule has 1 aliphatic rings. The molecule has 3 aromatic rings. The van der Waals surface area contributed by atoms with E-state index < -0.39 is 0 Å². The number of nitrogens with two attached hydrogens (primary N) is 1. The second-order valence-corrected chi connectivity index (χ2v) is 7.06. The molecule has 0 spiro atoms. The zero-order valence-corrected chi connectivity index (χ0v) is 14.7. The van der Waals surface area contributed by atoms with Crippen molar-refractivity contribution in [2.45, 2.75) is 18.9 Å². The Bertz CT molecular complexity index is 905. The highest BCUT2D eigenvalue weighted by molar-refractivity contribution is 7.13. The van der Waals surface area contributed by atoms with Crippen LogP contribution >= 0.6 is 11.3 Å². The Morgan fingerprint density at radius 3 is 3.16 bits per heavy atom. The van der Waals surface area contributed by atoms with E-state index in [1.165, 1.54) is 0 Å². The van der Waals surface area contributed by atoms with Crippen molar-refractivity contribution in [3.63, 3.8) is 0 Å². The number of rotatable bonds is 4. The maximum Gasteiger partial charge on any atom is 0.255 e. The molecule has 130 valence electrons. The van der Waals surface area contributed by atoms with Crippen molar-refractivity contribution in [3.05, 3.63) is 35.3 Å². The quantitative estimate of drug-likeness (QED) is 0.774. The SMILES string of the molecule is COCC1CCCN1C(=O)c1cc(N)c2nc(-c3cccs3)nn2c1. The van der Waals surface area contributed by atoms with E-state index in [4.69, 9.17) is 10.5 Å². The van der Waals surface area contributed by atoms with E-state index in [0.29, 0.717) is 29.3 Å². The van der Waals surface area contributed by atoms with Gasteiger partial charge in [-0.2, -0.15) is 0 Å². The van der Waals surface area contributed by atoms with Gasteiger partial charge in [0.15, 0.2) is 11.5 Å². The number of carbonyl (C=O) groups excluding carboxylic acids is 1. The first-order chi connectivity index (χ1) is 12.2. The number of hydrogen-bond donors (Lipinski definition) is 1. The van der Waals surface area contributed by atoms with Crippen LogP contribution in [0.25, 0.3) is 16.3 Å². The average Bonchev–Trinajstić information content (AvgIpc) is 3.34. The van der Waals surface area contributed by atoms with Gasteiger partial charge >= 0.3 is 0 Å². The van der Waals surface area contributed by atoms with Crippen LogP contribution in [-0.4, -0.2) is 51.7 Å². The highest BCUT2D eigenvalue weighted by Gasteiger charge is 2.30. The van der Waals surface area contributed by atoms with Gasteiger partial charge in [0, 0.05) is 19.9 Å². The normalized spacial score (nSPS) is 17.5. The molecule has 0 radical (unpaired) electrons.